The molecular weight excluding hydrogens is 413 g/mol. The summed E-state index contributed by atoms with van der Waals surface area (Å²) in [6.45, 7) is 1.68. The molecule has 1 unspecified atom stereocenters. The maximum Gasteiger partial charge on any atom is 0.222 e. The third-order valence-electron chi connectivity index (χ3n) is 4.59. The Labute approximate surface area is 185 Å². The molecule has 0 saturated heterocycles. The molecule has 0 aliphatic carbocycles. The van der Waals surface area contributed by atoms with Crippen molar-refractivity contribution >= 4 is 11.8 Å². The lowest BCUT2D eigenvalue weighted by atomic mass is 10.0. The lowest BCUT2D eigenvalue weighted by Gasteiger charge is -2.18. The van der Waals surface area contributed by atoms with Crippen LogP contribution in [-0.2, 0) is 16.1 Å². The highest BCUT2D eigenvalue weighted by molar-refractivity contribution is 5.79. The number of benzene rings is 2. The van der Waals surface area contributed by atoms with Gasteiger partial charge in [0.15, 0.2) is 0 Å². The maximum atomic E-state index is 13.2. The molecule has 1 atom stereocenters. The Morgan fingerprint density at radius 1 is 1.06 bits per heavy atom. The van der Waals surface area contributed by atoms with Gasteiger partial charge in [-0.2, -0.15) is 0 Å². The van der Waals surface area contributed by atoms with Gasteiger partial charge in [0, 0.05) is 31.8 Å². The molecule has 0 aliphatic heterocycles. The topological polar surface area (TPSA) is 89.6 Å². The number of halogens is 1. The first kappa shape index (κ1) is 22.7. The van der Waals surface area contributed by atoms with Crippen LogP contribution in [0.1, 0.15) is 30.5 Å². The lowest BCUT2D eigenvalue weighted by molar-refractivity contribution is -0.122. The minimum Gasteiger partial charge on any atom is -0.497 e. The van der Waals surface area contributed by atoms with Crippen molar-refractivity contribution in [3.05, 3.63) is 83.8 Å². The predicted molar refractivity (Wildman–Crippen MR) is 117 cm³/mol. The molecular formula is C24H24FN3O4. The number of rotatable bonds is 9. The molecule has 1 aromatic heterocycles. The zero-order valence-electron chi connectivity index (χ0n) is 17.8. The number of nitrogens with one attached hydrogen (secondary N) is 2. The Hall–Kier alpha value is -3.94. The van der Waals surface area contributed by atoms with Crippen LogP contribution in [0.5, 0.6) is 17.4 Å². The molecule has 32 heavy (non-hydrogen) atoms. The van der Waals surface area contributed by atoms with E-state index in [1.807, 2.05) is 12.1 Å². The van der Waals surface area contributed by atoms with Crippen LogP contribution < -0.4 is 20.1 Å². The van der Waals surface area contributed by atoms with Crippen molar-refractivity contribution < 1.29 is 23.5 Å². The van der Waals surface area contributed by atoms with E-state index in [0.29, 0.717) is 17.4 Å². The summed E-state index contributed by atoms with van der Waals surface area (Å²) >= 11 is 0. The Balaban J connectivity index is 1.55. The van der Waals surface area contributed by atoms with Crippen molar-refractivity contribution in [1.82, 2.24) is 15.6 Å². The predicted octanol–water partition coefficient (Wildman–Crippen LogP) is 3.91. The second kappa shape index (κ2) is 10.9. The van der Waals surface area contributed by atoms with Crippen molar-refractivity contribution in [3.63, 3.8) is 0 Å². The number of hydrogen-bond acceptors (Lipinski definition) is 5. The van der Waals surface area contributed by atoms with Crippen LogP contribution in [0.15, 0.2) is 66.9 Å². The minimum atomic E-state index is -0.460. The van der Waals surface area contributed by atoms with E-state index in [9.17, 15) is 14.0 Å². The van der Waals surface area contributed by atoms with E-state index in [1.165, 1.54) is 19.1 Å². The molecule has 0 spiro atoms. The number of methoxy groups -OCH3 is 1. The van der Waals surface area contributed by atoms with Crippen LogP contribution >= 0.6 is 0 Å². The van der Waals surface area contributed by atoms with Crippen molar-refractivity contribution in [2.45, 2.75) is 25.9 Å². The number of ether oxygens (including phenoxy) is 2. The van der Waals surface area contributed by atoms with E-state index in [1.54, 1.807) is 49.7 Å². The van der Waals surface area contributed by atoms with Crippen LogP contribution in [0.25, 0.3) is 0 Å². The zero-order chi connectivity index (χ0) is 22.9. The number of carbonyl (C=O) groups is 2. The summed E-state index contributed by atoms with van der Waals surface area (Å²) in [7, 11) is 1.57. The van der Waals surface area contributed by atoms with Gasteiger partial charge in [-0.1, -0.05) is 24.3 Å². The van der Waals surface area contributed by atoms with Gasteiger partial charge in [-0.3, -0.25) is 9.59 Å². The molecule has 2 amide bonds. The average Bonchev–Trinajstić information content (AvgIpc) is 2.78. The maximum absolute atomic E-state index is 13.2. The molecule has 166 valence electrons. The summed E-state index contributed by atoms with van der Waals surface area (Å²) in [6, 6.07) is 15.9. The first-order valence-corrected chi connectivity index (χ1v) is 9.99. The quantitative estimate of drug-likeness (QED) is 0.530. The molecule has 2 aromatic carbocycles. The SMILES string of the molecule is COc1ccc(C(CC(=O)NCc2ccc(Oc3cccc(F)c3)nc2)NC(C)=O)cc1. The standard InChI is InChI=1S/C24H24FN3O4/c1-16(29)28-22(18-7-9-20(31-2)10-8-18)13-23(30)26-14-17-6-11-24(27-15-17)32-21-5-3-4-19(25)12-21/h3-12,15,22H,13-14H2,1-2H3,(H,26,30)(H,28,29). The number of aromatic nitrogens is 1. The summed E-state index contributed by atoms with van der Waals surface area (Å²) in [6.07, 6.45) is 1.66. The number of pyridine rings is 1. The van der Waals surface area contributed by atoms with Gasteiger partial charge in [-0.15, -0.1) is 0 Å². The Bertz CT molecular complexity index is 1060. The summed E-state index contributed by atoms with van der Waals surface area (Å²) < 4.78 is 23.9. The molecule has 0 aliphatic rings. The van der Waals surface area contributed by atoms with E-state index in [-0.39, 0.29) is 24.8 Å². The van der Waals surface area contributed by atoms with Crippen molar-refractivity contribution in [2.24, 2.45) is 0 Å². The summed E-state index contributed by atoms with van der Waals surface area (Å²) in [5.41, 5.74) is 1.57. The smallest absolute Gasteiger partial charge is 0.222 e. The molecule has 3 aromatic rings. The molecule has 0 bridgehead atoms. The van der Waals surface area contributed by atoms with Gasteiger partial charge in [0.1, 0.15) is 17.3 Å². The highest BCUT2D eigenvalue weighted by Crippen LogP contribution is 2.21. The number of amides is 2. The van der Waals surface area contributed by atoms with Gasteiger partial charge >= 0.3 is 0 Å². The number of carbonyl (C=O) groups excluding carboxylic acids is 2. The average molecular weight is 437 g/mol. The number of hydrogen-bond donors (Lipinski definition) is 2. The van der Waals surface area contributed by atoms with Gasteiger partial charge in [0.25, 0.3) is 0 Å². The van der Waals surface area contributed by atoms with Gasteiger partial charge in [-0.05, 0) is 35.4 Å². The molecule has 1 heterocycles. The summed E-state index contributed by atoms with van der Waals surface area (Å²) in [5, 5.41) is 5.63. The largest absolute Gasteiger partial charge is 0.497 e. The molecule has 3 rings (SSSR count). The third-order valence-corrected chi connectivity index (χ3v) is 4.59. The van der Waals surface area contributed by atoms with Crippen molar-refractivity contribution in [2.75, 3.05) is 7.11 Å². The molecule has 0 saturated carbocycles. The Morgan fingerprint density at radius 2 is 1.84 bits per heavy atom. The fraction of sp³-hybridized carbons (Fsp3) is 0.208. The third kappa shape index (κ3) is 6.80. The normalized spacial score (nSPS) is 11.3. The molecule has 0 radical (unpaired) electrons. The lowest BCUT2D eigenvalue weighted by Crippen LogP contribution is -2.32. The van der Waals surface area contributed by atoms with Gasteiger partial charge < -0.3 is 20.1 Å². The minimum absolute atomic E-state index is 0.0834. The van der Waals surface area contributed by atoms with E-state index in [4.69, 9.17) is 9.47 Å². The van der Waals surface area contributed by atoms with Gasteiger partial charge in [-0.25, -0.2) is 9.37 Å². The van der Waals surface area contributed by atoms with Crippen LogP contribution in [0.3, 0.4) is 0 Å². The van der Waals surface area contributed by atoms with Crippen LogP contribution in [0.4, 0.5) is 4.39 Å². The Morgan fingerprint density at radius 3 is 2.47 bits per heavy atom. The monoisotopic (exact) mass is 437 g/mol. The fourth-order valence-corrected chi connectivity index (χ4v) is 3.02. The van der Waals surface area contributed by atoms with Gasteiger partial charge in [0.05, 0.1) is 19.6 Å². The van der Waals surface area contributed by atoms with E-state index in [0.717, 1.165) is 11.1 Å². The molecule has 7 nitrogen and oxygen atoms in total. The Kier molecular flexibility index (Phi) is 7.75. The van der Waals surface area contributed by atoms with Crippen LogP contribution in [0.2, 0.25) is 0 Å². The van der Waals surface area contributed by atoms with Crippen molar-refractivity contribution in [3.8, 4) is 17.4 Å². The summed E-state index contributed by atoms with van der Waals surface area (Å²) in [4.78, 5) is 28.2. The highest BCUT2D eigenvalue weighted by atomic mass is 19.1. The molecule has 0 fully saturated rings. The second-order valence-corrected chi connectivity index (χ2v) is 7.07. The van der Waals surface area contributed by atoms with Crippen LogP contribution in [0, 0.1) is 5.82 Å². The van der Waals surface area contributed by atoms with E-state index >= 15 is 0 Å². The van der Waals surface area contributed by atoms with E-state index < -0.39 is 11.9 Å². The van der Waals surface area contributed by atoms with Crippen molar-refractivity contribution in [1.29, 1.82) is 0 Å². The zero-order valence-corrected chi connectivity index (χ0v) is 17.8. The highest BCUT2D eigenvalue weighted by Gasteiger charge is 2.17. The molecule has 2 N–H and O–H groups in total. The first-order valence-electron chi connectivity index (χ1n) is 9.99. The molecule has 8 heteroatoms. The summed E-state index contributed by atoms with van der Waals surface area (Å²) in [5.74, 6) is 0.513. The first-order chi connectivity index (χ1) is 15.4. The van der Waals surface area contributed by atoms with Crippen LogP contribution in [-0.4, -0.2) is 23.9 Å². The fourth-order valence-electron chi connectivity index (χ4n) is 3.02. The van der Waals surface area contributed by atoms with Gasteiger partial charge in [0.2, 0.25) is 17.7 Å². The second-order valence-electron chi connectivity index (χ2n) is 7.07. The number of nitrogens with zero attached hydrogens (tertiary/aromatic N) is 1. The van der Waals surface area contributed by atoms with E-state index in [2.05, 4.69) is 15.6 Å².